The van der Waals surface area contributed by atoms with Crippen molar-refractivity contribution in [2.75, 3.05) is 11.6 Å². The summed E-state index contributed by atoms with van der Waals surface area (Å²) in [5.74, 6) is -0.927. The van der Waals surface area contributed by atoms with Crippen molar-refractivity contribution in [3.8, 4) is 0 Å². The van der Waals surface area contributed by atoms with E-state index in [1.165, 1.54) is 19.0 Å². The van der Waals surface area contributed by atoms with Crippen molar-refractivity contribution >= 4 is 23.4 Å². The maximum absolute atomic E-state index is 11.2. The van der Waals surface area contributed by atoms with Gasteiger partial charge in [0.2, 0.25) is 0 Å². The molecule has 2 N–H and O–H groups in total. The summed E-state index contributed by atoms with van der Waals surface area (Å²) >= 11 is 1.85. The molecule has 1 aromatic heterocycles. The summed E-state index contributed by atoms with van der Waals surface area (Å²) in [5, 5.41) is 13.1. The fraction of sp³-hybridized carbons (Fsp3) is 0.538. The van der Waals surface area contributed by atoms with E-state index in [4.69, 9.17) is 5.11 Å². The first-order valence-electron chi connectivity index (χ1n) is 6.11. The summed E-state index contributed by atoms with van der Waals surface area (Å²) in [6.45, 7) is 1.87. The quantitative estimate of drug-likeness (QED) is 0.877. The van der Waals surface area contributed by atoms with E-state index < -0.39 is 5.97 Å². The van der Waals surface area contributed by atoms with Crippen molar-refractivity contribution in [2.24, 2.45) is 0 Å². The van der Waals surface area contributed by atoms with E-state index in [0.29, 0.717) is 17.0 Å². The SMILES string of the molecule is CSC1CCCC1Nc1cc(C)ncc1C(=O)O. The van der Waals surface area contributed by atoms with Crippen molar-refractivity contribution in [3.05, 3.63) is 23.5 Å². The number of carboxylic acid groups (broad SMARTS) is 1. The normalized spacial score (nSPS) is 23.0. The second kappa shape index (κ2) is 5.61. The van der Waals surface area contributed by atoms with Gasteiger partial charge in [0.25, 0.3) is 0 Å². The van der Waals surface area contributed by atoms with Crippen molar-refractivity contribution in [2.45, 2.75) is 37.5 Å². The summed E-state index contributed by atoms with van der Waals surface area (Å²) in [6, 6.07) is 2.18. The minimum Gasteiger partial charge on any atom is -0.478 e. The highest BCUT2D eigenvalue weighted by Gasteiger charge is 2.27. The molecule has 0 amide bonds. The topological polar surface area (TPSA) is 62.2 Å². The average molecular weight is 266 g/mol. The molecule has 2 atom stereocenters. The molecule has 1 aliphatic carbocycles. The lowest BCUT2D eigenvalue weighted by Gasteiger charge is -2.21. The molecule has 0 radical (unpaired) electrons. The molecule has 0 aliphatic heterocycles. The van der Waals surface area contributed by atoms with Gasteiger partial charge in [0.15, 0.2) is 0 Å². The summed E-state index contributed by atoms with van der Waals surface area (Å²) in [5.41, 5.74) is 1.79. The Morgan fingerprint density at radius 1 is 1.56 bits per heavy atom. The first-order chi connectivity index (χ1) is 8.61. The van der Waals surface area contributed by atoms with Gasteiger partial charge in [-0.05, 0) is 32.1 Å². The number of anilines is 1. The summed E-state index contributed by atoms with van der Waals surface area (Å²) in [6.07, 6.45) is 7.05. The van der Waals surface area contributed by atoms with Crippen LogP contribution < -0.4 is 5.32 Å². The summed E-state index contributed by atoms with van der Waals surface area (Å²) < 4.78 is 0. The van der Waals surface area contributed by atoms with E-state index in [1.807, 2.05) is 24.8 Å². The van der Waals surface area contributed by atoms with Gasteiger partial charge in [0.1, 0.15) is 5.56 Å². The van der Waals surface area contributed by atoms with Crippen LogP contribution in [0.5, 0.6) is 0 Å². The highest BCUT2D eigenvalue weighted by Crippen LogP contribution is 2.31. The molecule has 0 aromatic carbocycles. The Bertz CT molecular complexity index is 451. The van der Waals surface area contributed by atoms with Gasteiger partial charge in [-0.1, -0.05) is 6.42 Å². The molecule has 98 valence electrons. The number of aryl methyl sites for hydroxylation is 1. The predicted octanol–water partition coefficient (Wildman–Crippen LogP) is 2.78. The molecule has 1 saturated carbocycles. The average Bonchev–Trinajstić information content (AvgIpc) is 2.76. The maximum Gasteiger partial charge on any atom is 0.339 e. The van der Waals surface area contributed by atoms with Gasteiger partial charge in [-0.3, -0.25) is 4.98 Å². The minimum atomic E-state index is -0.927. The molecular formula is C13H18N2O2S. The largest absolute Gasteiger partial charge is 0.478 e. The van der Waals surface area contributed by atoms with Gasteiger partial charge in [-0.25, -0.2) is 4.79 Å². The predicted molar refractivity (Wildman–Crippen MR) is 74.5 cm³/mol. The monoisotopic (exact) mass is 266 g/mol. The number of aromatic carboxylic acids is 1. The third kappa shape index (κ3) is 2.77. The summed E-state index contributed by atoms with van der Waals surface area (Å²) in [7, 11) is 0. The highest BCUT2D eigenvalue weighted by molar-refractivity contribution is 7.99. The first-order valence-corrected chi connectivity index (χ1v) is 7.40. The third-order valence-corrected chi connectivity index (χ3v) is 4.54. The molecule has 2 rings (SSSR count). The molecule has 1 aliphatic rings. The molecule has 0 spiro atoms. The van der Waals surface area contributed by atoms with E-state index in [-0.39, 0.29) is 5.56 Å². The van der Waals surface area contributed by atoms with E-state index in [9.17, 15) is 4.79 Å². The van der Waals surface area contributed by atoms with Gasteiger partial charge < -0.3 is 10.4 Å². The number of pyridine rings is 1. The molecule has 1 aromatic rings. The van der Waals surface area contributed by atoms with Gasteiger partial charge in [-0.2, -0.15) is 11.8 Å². The van der Waals surface area contributed by atoms with Crippen molar-refractivity contribution in [1.29, 1.82) is 0 Å². The maximum atomic E-state index is 11.2. The van der Waals surface area contributed by atoms with Crippen molar-refractivity contribution < 1.29 is 9.90 Å². The Kier molecular flexibility index (Phi) is 4.11. The molecule has 0 saturated heterocycles. The van der Waals surface area contributed by atoms with Crippen LogP contribution in [0.4, 0.5) is 5.69 Å². The first kappa shape index (κ1) is 13.2. The van der Waals surface area contributed by atoms with Crippen LogP contribution in [0.25, 0.3) is 0 Å². The minimum absolute atomic E-state index is 0.257. The summed E-state index contributed by atoms with van der Waals surface area (Å²) in [4.78, 5) is 15.2. The molecule has 18 heavy (non-hydrogen) atoms. The number of nitrogens with one attached hydrogen (secondary N) is 1. The molecular weight excluding hydrogens is 248 g/mol. The van der Waals surface area contributed by atoms with Crippen LogP contribution in [0.3, 0.4) is 0 Å². The highest BCUT2D eigenvalue weighted by atomic mass is 32.2. The van der Waals surface area contributed by atoms with Crippen LogP contribution in [0.1, 0.15) is 35.3 Å². The van der Waals surface area contributed by atoms with Crippen LogP contribution in [0.2, 0.25) is 0 Å². The third-order valence-electron chi connectivity index (χ3n) is 3.37. The lowest BCUT2D eigenvalue weighted by atomic mass is 10.1. The zero-order valence-corrected chi connectivity index (χ0v) is 11.5. The van der Waals surface area contributed by atoms with Crippen molar-refractivity contribution in [3.63, 3.8) is 0 Å². The number of thioether (sulfide) groups is 1. The Labute approximate surface area is 111 Å². The Balaban J connectivity index is 2.22. The van der Waals surface area contributed by atoms with E-state index >= 15 is 0 Å². The second-order valence-corrected chi connectivity index (χ2v) is 5.71. The van der Waals surface area contributed by atoms with Gasteiger partial charge in [0, 0.05) is 23.2 Å². The second-order valence-electron chi connectivity index (χ2n) is 4.63. The van der Waals surface area contributed by atoms with E-state index in [1.54, 1.807) is 0 Å². The molecule has 4 nitrogen and oxygen atoms in total. The number of hydrogen-bond donors (Lipinski definition) is 2. The van der Waals surface area contributed by atoms with Gasteiger partial charge in [0.05, 0.1) is 5.69 Å². The van der Waals surface area contributed by atoms with E-state index in [2.05, 4.69) is 16.6 Å². The van der Waals surface area contributed by atoms with Crippen LogP contribution in [-0.2, 0) is 0 Å². The smallest absolute Gasteiger partial charge is 0.339 e. The molecule has 1 fully saturated rings. The van der Waals surface area contributed by atoms with Crippen LogP contribution >= 0.6 is 11.8 Å². The number of carboxylic acids is 1. The fourth-order valence-corrected chi connectivity index (χ4v) is 3.36. The van der Waals surface area contributed by atoms with Crippen molar-refractivity contribution in [1.82, 2.24) is 4.98 Å². The van der Waals surface area contributed by atoms with Gasteiger partial charge in [-0.15, -0.1) is 0 Å². The van der Waals surface area contributed by atoms with Crippen LogP contribution in [0.15, 0.2) is 12.3 Å². The molecule has 1 heterocycles. The number of hydrogen-bond acceptors (Lipinski definition) is 4. The molecule has 2 unspecified atom stereocenters. The number of rotatable bonds is 4. The number of carbonyl (C=O) groups is 1. The Morgan fingerprint density at radius 2 is 2.33 bits per heavy atom. The van der Waals surface area contributed by atoms with Gasteiger partial charge >= 0.3 is 5.97 Å². The van der Waals surface area contributed by atoms with E-state index in [0.717, 1.165) is 12.1 Å². The molecule has 0 bridgehead atoms. The Hall–Kier alpha value is -1.23. The molecule has 5 heteroatoms. The van der Waals surface area contributed by atoms with Crippen LogP contribution in [0, 0.1) is 6.92 Å². The Morgan fingerprint density at radius 3 is 3.00 bits per heavy atom. The number of aromatic nitrogens is 1. The number of nitrogens with zero attached hydrogens (tertiary/aromatic N) is 1. The standard InChI is InChI=1S/C13H18N2O2S/c1-8-6-11(9(7-14-8)13(16)17)15-10-4-3-5-12(10)18-2/h6-7,10,12H,3-5H2,1-2H3,(H,14,15)(H,16,17). The zero-order chi connectivity index (χ0) is 13.1. The lowest BCUT2D eigenvalue weighted by Crippen LogP contribution is -2.26. The zero-order valence-electron chi connectivity index (χ0n) is 10.6. The lowest BCUT2D eigenvalue weighted by molar-refractivity contribution is 0.0697. The van der Waals surface area contributed by atoms with Crippen LogP contribution in [-0.4, -0.2) is 33.6 Å². The fourth-order valence-electron chi connectivity index (χ4n) is 2.42.